The summed E-state index contributed by atoms with van der Waals surface area (Å²) in [6.45, 7) is 2.67. The standard InChI is InChI=1S/C18H18N4O/c1-13-2-4-15(5-3-13)12-22-18(19)17(11-21-22)20-10-14-6-8-16(23)9-7-14/h2-11,23H,12,19H2,1H3/b20-10+. The molecular weight excluding hydrogens is 288 g/mol. The molecule has 0 amide bonds. The van der Waals surface area contributed by atoms with E-state index in [9.17, 15) is 5.11 Å². The fourth-order valence-corrected chi connectivity index (χ4v) is 2.18. The van der Waals surface area contributed by atoms with Gasteiger partial charge in [-0.2, -0.15) is 5.10 Å². The predicted molar refractivity (Wildman–Crippen MR) is 92.3 cm³/mol. The number of hydrogen-bond donors (Lipinski definition) is 2. The number of phenolic OH excluding ortho intramolecular Hbond substituents is 1. The highest BCUT2D eigenvalue weighted by Crippen LogP contribution is 2.22. The van der Waals surface area contributed by atoms with Crippen LogP contribution in [-0.4, -0.2) is 21.1 Å². The maximum atomic E-state index is 9.27. The number of hydrogen-bond acceptors (Lipinski definition) is 4. The average Bonchev–Trinajstić information content (AvgIpc) is 2.90. The highest BCUT2D eigenvalue weighted by atomic mass is 16.3. The van der Waals surface area contributed by atoms with Crippen molar-refractivity contribution in [1.29, 1.82) is 0 Å². The van der Waals surface area contributed by atoms with E-state index in [-0.39, 0.29) is 5.75 Å². The summed E-state index contributed by atoms with van der Waals surface area (Å²) in [6.07, 6.45) is 3.35. The van der Waals surface area contributed by atoms with Gasteiger partial charge < -0.3 is 10.8 Å². The molecule has 1 aromatic heterocycles. The molecule has 3 aromatic rings. The van der Waals surface area contributed by atoms with E-state index >= 15 is 0 Å². The zero-order valence-corrected chi connectivity index (χ0v) is 12.8. The van der Waals surface area contributed by atoms with Gasteiger partial charge in [0.05, 0.1) is 12.7 Å². The Balaban J connectivity index is 1.76. The van der Waals surface area contributed by atoms with Gasteiger partial charge in [-0.3, -0.25) is 4.99 Å². The van der Waals surface area contributed by atoms with Crippen molar-refractivity contribution >= 4 is 17.7 Å². The number of aromatic nitrogens is 2. The minimum absolute atomic E-state index is 0.229. The smallest absolute Gasteiger partial charge is 0.148 e. The van der Waals surface area contributed by atoms with E-state index in [1.165, 1.54) is 5.56 Å². The van der Waals surface area contributed by atoms with Crippen molar-refractivity contribution in [2.75, 3.05) is 5.73 Å². The van der Waals surface area contributed by atoms with E-state index in [1.807, 2.05) is 0 Å². The van der Waals surface area contributed by atoms with Crippen LogP contribution in [0.1, 0.15) is 16.7 Å². The summed E-state index contributed by atoms with van der Waals surface area (Å²) in [6, 6.07) is 15.1. The van der Waals surface area contributed by atoms with Crippen LogP contribution >= 0.6 is 0 Å². The maximum absolute atomic E-state index is 9.27. The molecule has 1 heterocycles. The minimum atomic E-state index is 0.229. The number of rotatable bonds is 4. The van der Waals surface area contributed by atoms with E-state index in [2.05, 4.69) is 41.3 Å². The molecular formula is C18H18N4O. The first-order valence-electron chi connectivity index (χ1n) is 7.32. The summed E-state index contributed by atoms with van der Waals surface area (Å²) in [5.41, 5.74) is 9.99. The lowest BCUT2D eigenvalue weighted by Gasteiger charge is -2.05. The third-order valence-electron chi connectivity index (χ3n) is 3.56. The molecule has 5 nitrogen and oxygen atoms in total. The van der Waals surface area contributed by atoms with Crippen molar-refractivity contribution in [3.05, 3.63) is 71.4 Å². The number of nitrogen functional groups attached to an aromatic ring is 1. The molecule has 0 unspecified atom stereocenters. The summed E-state index contributed by atoms with van der Waals surface area (Å²) in [5.74, 6) is 0.758. The fourth-order valence-electron chi connectivity index (χ4n) is 2.18. The van der Waals surface area contributed by atoms with Crippen molar-refractivity contribution in [2.45, 2.75) is 13.5 Å². The van der Waals surface area contributed by atoms with Gasteiger partial charge in [-0.15, -0.1) is 0 Å². The van der Waals surface area contributed by atoms with Crippen molar-refractivity contribution in [1.82, 2.24) is 9.78 Å². The van der Waals surface area contributed by atoms with Crippen LogP contribution < -0.4 is 5.73 Å². The van der Waals surface area contributed by atoms with Gasteiger partial charge in [-0.05, 0) is 42.3 Å². The van der Waals surface area contributed by atoms with Crippen LogP contribution in [0.25, 0.3) is 0 Å². The maximum Gasteiger partial charge on any atom is 0.148 e. The molecule has 3 N–H and O–H groups in total. The van der Waals surface area contributed by atoms with E-state index in [0.717, 1.165) is 11.1 Å². The lowest BCUT2D eigenvalue weighted by atomic mass is 10.1. The van der Waals surface area contributed by atoms with Crippen LogP contribution in [0.15, 0.2) is 59.7 Å². The topological polar surface area (TPSA) is 76.4 Å². The highest BCUT2D eigenvalue weighted by Gasteiger charge is 2.06. The van der Waals surface area contributed by atoms with Gasteiger partial charge in [0.25, 0.3) is 0 Å². The number of nitrogens with two attached hydrogens (primary N) is 1. The zero-order chi connectivity index (χ0) is 16.2. The summed E-state index contributed by atoms with van der Waals surface area (Å²) in [7, 11) is 0. The number of benzene rings is 2. The Morgan fingerprint density at radius 3 is 2.52 bits per heavy atom. The Morgan fingerprint density at radius 2 is 1.83 bits per heavy atom. The lowest BCUT2D eigenvalue weighted by Crippen LogP contribution is -2.05. The van der Waals surface area contributed by atoms with Crippen molar-refractivity contribution in [2.24, 2.45) is 4.99 Å². The second-order valence-corrected chi connectivity index (χ2v) is 5.41. The van der Waals surface area contributed by atoms with Gasteiger partial charge in [0.15, 0.2) is 0 Å². The summed E-state index contributed by atoms with van der Waals surface area (Å²) in [5, 5.41) is 13.6. The summed E-state index contributed by atoms with van der Waals surface area (Å²) in [4.78, 5) is 4.37. The molecule has 2 aromatic carbocycles. The Labute approximate surface area is 134 Å². The number of anilines is 1. The molecule has 5 heteroatoms. The van der Waals surface area contributed by atoms with Crippen LogP contribution in [-0.2, 0) is 6.54 Å². The van der Waals surface area contributed by atoms with Crippen LogP contribution in [0, 0.1) is 6.92 Å². The lowest BCUT2D eigenvalue weighted by molar-refractivity contribution is 0.475. The van der Waals surface area contributed by atoms with Crippen LogP contribution in [0.5, 0.6) is 5.75 Å². The fraction of sp³-hybridized carbons (Fsp3) is 0.111. The molecule has 0 aliphatic heterocycles. The van der Waals surface area contributed by atoms with E-state index < -0.39 is 0 Å². The Bertz CT molecular complexity index is 817. The van der Waals surface area contributed by atoms with Crippen LogP contribution in [0.3, 0.4) is 0 Å². The molecule has 0 aliphatic rings. The molecule has 0 saturated carbocycles. The molecule has 0 bridgehead atoms. The molecule has 0 radical (unpaired) electrons. The Kier molecular flexibility index (Phi) is 4.10. The van der Waals surface area contributed by atoms with Crippen LogP contribution in [0.4, 0.5) is 11.5 Å². The predicted octanol–water partition coefficient (Wildman–Crippen LogP) is 3.28. The molecule has 116 valence electrons. The number of aliphatic imine (C=N–C) groups is 1. The summed E-state index contributed by atoms with van der Waals surface area (Å²) >= 11 is 0. The molecule has 23 heavy (non-hydrogen) atoms. The largest absolute Gasteiger partial charge is 0.508 e. The molecule has 0 spiro atoms. The quantitative estimate of drug-likeness (QED) is 0.726. The first-order valence-corrected chi connectivity index (χ1v) is 7.32. The van der Waals surface area contributed by atoms with Crippen molar-refractivity contribution in [3.63, 3.8) is 0 Å². The highest BCUT2D eigenvalue weighted by molar-refractivity contribution is 5.83. The molecule has 0 fully saturated rings. The molecule has 3 rings (SSSR count). The van der Waals surface area contributed by atoms with Gasteiger partial charge in [0.2, 0.25) is 0 Å². The molecule has 0 aliphatic carbocycles. The second-order valence-electron chi connectivity index (χ2n) is 5.41. The average molecular weight is 306 g/mol. The van der Waals surface area contributed by atoms with Crippen molar-refractivity contribution in [3.8, 4) is 5.75 Å². The Morgan fingerprint density at radius 1 is 1.13 bits per heavy atom. The number of aryl methyl sites for hydroxylation is 1. The van der Waals surface area contributed by atoms with Gasteiger partial charge >= 0.3 is 0 Å². The summed E-state index contributed by atoms with van der Waals surface area (Å²) < 4.78 is 1.73. The van der Waals surface area contributed by atoms with Gasteiger partial charge in [-0.25, -0.2) is 4.68 Å². The third kappa shape index (κ3) is 3.58. The first-order chi connectivity index (χ1) is 11.1. The monoisotopic (exact) mass is 306 g/mol. The third-order valence-corrected chi connectivity index (χ3v) is 3.56. The van der Waals surface area contributed by atoms with Crippen molar-refractivity contribution < 1.29 is 5.11 Å². The van der Waals surface area contributed by atoms with E-state index in [0.29, 0.717) is 18.1 Å². The molecule has 0 atom stereocenters. The van der Waals surface area contributed by atoms with E-state index in [1.54, 1.807) is 41.4 Å². The minimum Gasteiger partial charge on any atom is -0.508 e. The SMILES string of the molecule is Cc1ccc(Cn2ncc(/N=C/c3ccc(O)cc3)c2N)cc1. The second kappa shape index (κ2) is 6.36. The van der Waals surface area contributed by atoms with Gasteiger partial charge in [0, 0.05) is 6.21 Å². The zero-order valence-electron chi connectivity index (χ0n) is 12.8. The van der Waals surface area contributed by atoms with E-state index in [4.69, 9.17) is 5.73 Å². The van der Waals surface area contributed by atoms with Gasteiger partial charge in [0.1, 0.15) is 17.3 Å². The first kappa shape index (κ1) is 14.8. The molecule has 0 saturated heterocycles. The van der Waals surface area contributed by atoms with Gasteiger partial charge in [-0.1, -0.05) is 29.8 Å². The number of nitrogens with zero attached hydrogens (tertiary/aromatic N) is 3. The Hall–Kier alpha value is -3.08. The normalized spacial score (nSPS) is 11.2. The number of aromatic hydroxyl groups is 1. The van der Waals surface area contributed by atoms with Crippen LogP contribution in [0.2, 0.25) is 0 Å². The number of phenols is 1.